The highest BCUT2D eigenvalue weighted by Crippen LogP contribution is 2.17. The lowest BCUT2D eigenvalue weighted by molar-refractivity contribution is 0.187. The first kappa shape index (κ1) is 15.5. The van der Waals surface area contributed by atoms with Gasteiger partial charge in [0.2, 0.25) is 0 Å². The van der Waals surface area contributed by atoms with Crippen molar-refractivity contribution >= 4 is 11.6 Å². The zero-order valence-electron chi connectivity index (χ0n) is 11.5. The molecule has 0 radical (unpaired) electrons. The smallest absolute Gasteiger partial charge is 0.123 e. The first-order valence-electron chi connectivity index (χ1n) is 6.67. The van der Waals surface area contributed by atoms with Gasteiger partial charge in [-0.3, -0.25) is 4.90 Å². The fraction of sp³-hybridized carbons (Fsp3) is 0.600. The quantitative estimate of drug-likeness (QED) is 0.666. The first-order chi connectivity index (χ1) is 8.62. The Bertz CT molecular complexity index is 364. The topological polar surface area (TPSA) is 3.24 Å². The molecule has 1 rings (SSSR count). The zero-order chi connectivity index (χ0) is 13.5. The number of hydrogen-bond acceptors (Lipinski definition) is 1. The van der Waals surface area contributed by atoms with E-state index in [1.165, 1.54) is 6.07 Å². The molecule has 0 saturated heterocycles. The summed E-state index contributed by atoms with van der Waals surface area (Å²) >= 11 is 5.88. The highest BCUT2D eigenvalue weighted by atomic mass is 35.5. The summed E-state index contributed by atoms with van der Waals surface area (Å²) < 4.78 is 13.3. The van der Waals surface area contributed by atoms with Crippen molar-refractivity contribution in [1.82, 2.24) is 4.90 Å². The van der Waals surface area contributed by atoms with E-state index in [1.54, 1.807) is 6.07 Å². The van der Waals surface area contributed by atoms with Gasteiger partial charge >= 0.3 is 0 Å². The number of hydrogen-bond donors (Lipinski definition) is 0. The monoisotopic (exact) mass is 271 g/mol. The molecule has 102 valence electrons. The summed E-state index contributed by atoms with van der Waals surface area (Å²) in [6.45, 7) is 8.04. The maximum absolute atomic E-state index is 13.3. The number of aryl methyl sites for hydroxylation is 1. The Balaban J connectivity index is 2.85. The summed E-state index contributed by atoms with van der Waals surface area (Å²) in [5.41, 5.74) is 2.20. The maximum atomic E-state index is 13.3. The van der Waals surface area contributed by atoms with Crippen molar-refractivity contribution in [2.75, 3.05) is 12.4 Å². The predicted octanol–water partition coefficient (Wildman–Crippen LogP) is 4.36. The van der Waals surface area contributed by atoms with E-state index in [4.69, 9.17) is 11.6 Å². The average molecular weight is 272 g/mol. The molecule has 3 heteroatoms. The number of alkyl halides is 1. The predicted molar refractivity (Wildman–Crippen MR) is 76.6 cm³/mol. The molecule has 0 heterocycles. The van der Waals surface area contributed by atoms with Gasteiger partial charge in [0.05, 0.1) is 0 Å². The molecule has 0 aliphatic carbocycles. The Labute approximate surface area is 115 Å². The van der Waals surface area contributed by atoms with Crippen LogP contribution in [-0.4, -0.2) is 23.4 Å². The standard InChI is InChI=1S/C15H23ClFN/c1-4-15(5-2)18(9-8-16)11-13-10-14(17)7-6-12(13)3/h6-7,10,15H,4-5,8-9,11H2,1-3H3. The van der Waals surface area contributed by atoms with Crippen LogP contribution in [0.5, 0.6) is 0 Å². The normalized spacial score (nSPS) is 11.5. The van der Waals surface area contributed by atoms with Crippen molar-refractivity contribution in [3.05, 3.63) is 35.1 Å². The lowest BCUT2D eigenvalue weighted by Crippen LogP contribution is -2.35. The number of benzene rings is 1. The molecule has 1 nitrogen and oxygen atoms in total. The number of nitrogens with zero attached hydrogens (tertiary/aromatic N) is 1. The van der Waals surface area contributed by atoms with Gasteiger partial charge in [-0.05, 0) is 43.0 Å². The maximum Gasteiger partial charge on any atom is 0.123 e. The highest BCUT2D eigenvalue weighted by Gasteiger charge is 2.15. The van der Waals surface area contributed by atoms with Crippen molar-refractivity contribution in [1.29, 1.82) is 0 Å². The van der Waals surface area contributed by atoms with Crippen LogP contribution in [0.4, 0.5) is 4.39 Å². The third-order valence-electron chi connectivity index (χ3n) is 3.52. The van der Waals surface area contributed by atoms with Gasteiger partial charge in [-0.15, -0.1) is 11.6 Å². The lowest BCUT2D eigenvalue weighted by atomic mass is 10.1. The molecule has 0 aliphatic heterocycles. The Hall–Kier alpha value is -0.600. The van der Waals surface area contributed by atoms with Crippen LogP contribution in [0.15, 0.2) is 18.2 Å². The van der Waals surface area contributed by atoms with E-state index in [-0.39, 0.29) is 5.82 Å². The zero-order valence-corrected chi connectivity index (χ0v) is 12.3. The molecular formula is C15H23ClFN. The van der Waals surface area contributed by atoms with Crippen molar-refractivity contribution in [2.45, 2.75) is 46.2 Å². The van der Waals surface area contributed by atoms with Crippen LogP contribution in [-0.2, 0) is 6.54 Å². The van der Waals surface area contributed by atoms with E-state index in [9.17, 15) is 4.39 Å². The molecule has 0 saturated carbocycles. The molecular weight excluding hydrogens is 249 g/mol. The second-order valence-corrected chi connectivity index (χ2v) is 5.08. The van der Waals surface area contributed by atoms with Crippen LogP contribution < -0.4 is 0 Å². The van der Waals surface area contributed by atoms with Crippen LogP contribution in [0, 0.1) is 12.7 Å². The molecule has 0 amide bonds. The minimum atomic E-state index is -0.161. The van der Waals surface area contributed by atoms with E-state index in [0.29, 0.717) is 11.9 Å². The van der Waals surface area contributed by atoms with Crippen LogP contribution in [0.2, 0.25) is 0 Å². The summed E-state index contributed by atoms with van der Waals surface area (Å²) in [4.78, 5) is 2.36. The summed E-state index contributed by atoms with van der Waals surface area (Å²) in [6.07, 6.45) is 2.20. The van der Waals surface area contributed by atoms with Crippen molar-refractivity contribution in [3.63, 3.8) is 0 Å². The highest BCUT2D eigenvalue weighted by molar-refractivity contribution is 6.18. The lowest BCUT2D eigenvalue weighted by Gasteiger charge is -2.30. The summed E-state index contributed by atoms with van der Waals surface area (Å²) in [6, 6.07) is 5.52. The molecule has 1 aromatic rings. The molecule has 0 atom stereocenters. The van der Waals surface area contributed by atoms with Gasteiger partial charge in [0.1, 0.15) is 5.82 Å². The van der Waals surface area contributed by atoms with E-state index in [2.05, 4.69) is 18.7 Å². The van der Waals surface area contributed by atoms with Crippen LogP contribution in [0.25, 0.3) is 0 Å². The summed E-state index contributed by atoms with van der Waals surface area (Å²) in [5.74, 6) is 0.455. The third-order valence-corrected chi connectivity index (χ3v) is 3.68. The van der Waals surface area contributed by atoms with E-state index >= 15 is 0 Å². The summed E-state index contributed by atoms with van der Waals surface area (Å²) in [7, 11) is 0. The fourth-order valence-corrected chi connectivity index (χ4v) is 2.55. The van der Waals surface area contributed by atoms with Gasteiger partial charge in [-0.25, -0.2) is 4.39 Å². The fourth-order valence-electron chi connectivity index (χ4n) is 2.33. The van der Waals surface area contributed by atoms with Crippen LogP contribution in [0.3, 0.4) is 0 Å². The molecule has 0 N–H and O–H groups in total. The Morgan fingerprint density at radius 3 is 2.50 bits per heavy atom. The average Bonchev–Trinajstić information content (AvgIpc) is 2.35. The summed E-state index contributed by atoms with van der Waals surface area (Å²) in [5, 5.41) is 0. The minimum Gasteiger partial charge on any atom is -0.295 e. The number of halogens is 2. The van der Waals surface area contributed by atoms with Gasteiger partial charge in [0, 0.05) is 25.0 Å². The second kappa shape index (κ2) is 7.75. The number of rotatable bonds is 7. The molecule has 0 aliphatic rings. The first-order valence-corrected chi connectivity index (χ1v) is 7.20. The third kappa shape index (κ3) is 4.25. The van der Waals surface area contributed by atoms with Crippen molar-refractivity contribution < 1.29 is 4.39 Å². The SMILES string of the molecule is CCC(CC)N(CCCl)Cc1cc(F)ccc1C. The molecule has 0 spiro atoms. The Morgan fingerprint density at radius 2 is 1.94 bits per heavy atom. The van der Waals surface area contributed by atoms with E-state index < -0.39 is 0 Å². The minimum absolute atomic E-state index is 0.161. The van der Waals surface area contributed by atoms with Gasteiger partial charge in [0.15, 0.2) is 0 Å². The molecule has 0 bridgehead atoms. The molecule has 0 aromatic heterocycles. The van der Waals surface area contributed by atoms with E-state index in [0.717, 1.165) is 37.1 Å². The van der Waals surface area contributed by atoms with Gasteiger partial charge in [-0.2, -0.15) is 0 Å². The van der Waals surface area contributed by atoms with Crippen molar-refractivity contribution in [2.24, 2.45) is 0 Å². The second-order valence-electron chi connectivity index (χ2n) is 4.70. The Kier molecular flexibility index (Phi) is 6.66. The van der Waals surface area contributed by atoms with Crippen LogP contribution in [0.1, 0.15) is 37.8 Å². The molecule has 0 fully saturated rings. The largest absolute Gasteiger partial charge is 0.295 e. The van der Waals surface area contributed by atoms with Gasteiger partial charge < -0.3 is 0 Å². The van der Waals surface area contributed by atoms with E-state index in [1.807, 2.05) is 13.0 Å². The van der Waals surface area contributed by atoms with Crippen molar-refractivity contribution in [3.8, 4) is 0 Å². The van der Waals surface area contributed by atoms with Crippen LogP contribution >= 0.6 is 11.6 Å². The molecule has 1 aromatic carbocycles. The Morgan fingerprint density at radius 1 is 1.28 bits per heavy atom. The molecule has 0 unspecified atom stereocenters. The van der Waals surface area contributed by atoms with Gasteiger partial charge in [-0.1, -0.05) is 19.9 Å². The molecule has 18 heavy (non-hydrogen) atoms. The van der Waals surface area contributed by atoms with Gasteiger partial charge in [0.25, 0.3) is 0 Å².